The maximum atomic E-state index is 13.0. The fourth-order valence-electron chi connectivity index (χ4n) is 3.25. The van der Waals surface area contributed by atoms with Crippen molar-refractivity contribution in [1.29, 1.82) is 0 Å². The fourth-order valence-corrected chi connectivity index (χ4v) is 3.72. The summed E-state index contributed by atoms with van der Waals surface area (Å²) >= 11 is 1.47. The number of carbonyl (C=O) groups excluding carboxylic acids is 1. The molecule has 0 heterocycles. The lowest BCUT2D eigenvalue weighted by molar-refractivity contribution is -0.139. The molecule has 0 spiro atoms. The van der Waals surface area contributed by atoms with Crippen LogP contribution in [0.2, 0.25) is 0 Å². The number of carboxylic acids is 1. The third kappa shape index (κ3) is 6.19. The first-order valence-electron chi connectivity index (χ1n) is 10.0. The van der Waals surface area contributed by atoms with Crippen LogP contribution in [-0.2, 0) is 17.6 Å². The molecule has 0 radical (unpaired) electrons. The third-order valence-corrected chi connectivity index (χ3v) is 5.65. The molecule has 1 amide bonds. The van der Waals surface area contributed by atoms with Gasteiger partial charge >= 0.3 is 12.1 Å². The minimum atomic E-state index is -4.43. The largest absolute Gasteiger partial charge is 0.487 e. The highest BCUT2D eigenvalue weighted by molar-refractivity contribution is 7.98. The molecular weight excluding hydrogens is 455 g/mol. The smallest absolute Gasteiger partial charge is 0.416 e. The van der Waals surface area contributed by atoms with Crippen molar-refractivity contribution in [1.82, 2.24) is 5.32 Å². The van der Waals surface area contributed by atoms with E-state index in [1.54, 1.807) is 24.3 Å². The summed E-state index contributed by atoms with van der Waals surface area (Å²) in [4.78, 5) is 24.5. The van der Waals surface area contributed by atoms with Gasteiger partial charge in [-0.2, -0.15) is 24.9 Å². The zero-order valence-electron chi connectivity index (χ0n) is 17.7. The number of nitrogens with one attached hydrogen (secondary N) is 1. The molecule has 0 aliphatic carbocycles. The van der Waals surface area contributed by atoms with Gasteiger partial charge in [-0.1, -0.05) is 42.5 Å². The number of fused-ring (bicyclic) bond motifs is 1. The van der Waals surface area contributed by atoms with Crippen LogP contribution >= 0.6 is 11.8 Å². The van der Waals surface area contributed by atoms with E-state index in [0.717, 1.165) is 17.5 Å². The van der Waals surface area contributed by atoms with Gasteiger partial charge < -0.3 is 15.2 Å². The lowest BCUT2D eigenvalue weighted by Gasteiger charge is -2.18. The highest BCUT2D eigenvalue weighted by atomic mass is 32.2. The molecule has 33 heavy (non-hydrogen) atoms. The molecule has 9 heteroatoms. The summed E-state index contributed by atoms with van der Waals surface area (Å²) in [6, 6.07) is 14.0. The molecule has 0 fully saturated rings. The third-order valence-electron chi connectivity index (χ3n) is 5.00. The van der Waals surface area contributed by atoms with Gasteiger partial charge in [-0.3, -0.25) is 4.79 Å². The first kappa shape index (κ1) is 24.4. The average molecular weight is 478 g/mol. The van der Waals surface area contributed by atoms with Crippen molar-refractivity contribution in [2.45, 2.75) is 25.2 Å². The topological polar surface area (TPSA) is 75.6 Å². The quantitative estimate of drug-likeness (QED) is 0.433. The van der Waals surface area contributed by atoms with E-state index >= 15 is 0 Å². The average Bonchev–Trinajstić information content (AvgIpc) is 2.79. The number of aliphatic carboxylic acids is 1. The SMILES string of the molecule is CSCCC(NC(=O)c1ccc2ccccc2c1OCc1ccc(C(F)(F)F)cc1)C(=O)O. The second-order valence-electron chi connectivity index (χ2n) is 7.29. The van der Waals surface area contributed by atoms with Gasteiger partial charge in [-0.15, -0.1) is 0 Å². The monoisotopic (exact) mass is 477 g/mol. The number of hydrogen-bond acceptors (Lipinski definition) is 4. The van der Waals surface area contributed by atoms with E-state index in [4.69, 9.17) is 4.74 Å². The number of benzene rings is 3. The Hall–Kier alpha value is -3.20. The second-order valence-corrected chi connectivity index (χ2v) is 8.28. The maximum absolute atomic E-state index is 13.0. The van der Waals surface area contributed by atoms with Crippen LogP contribution in [0.3, 0.4) is 0 Å². The first-order valence-corrected chi connectivity index (χ1v) is 11.4. The van der Waals surface area contributed by atoms with Crippen LogP contribution in [0.5, 0.6) is 5.75 Å². The molecule has 0 aliphatic rings. The van der Waals surface area contributed by atoms with Gasteiger partial charge in [0.2, 0.25) is 0 Å². The van der Waals surface area contributed by atoms with Crippen molar-refractivity contribution >= 4 is 34.4 Å². The van der Waals surface area contributed by atoms with Gasteiger partial charge in [-0.05, 0) is 47.6 Å². The Bertz CT molecular complexity index is 1130. The van der Waals surface area contributed by atoms with E-state index in [1.165, 1.54) is 23.9 Å². The van der Waals surface area contributed by atoms with Gasteiger partial charge in [0, 0.05) is 5.39 Å². The van der Waals surface area contributed by atoms with Crippen molar-refractivity contribution in [2.75, 3.05) is 12.0 Å². The zero-order valence-corrected chi connectivity index (χ0v) is 18.5. The van der Waals surface area contributed by atoms with E-state index in [9.17, 15) is 27.9 Å². The molecule has 0 aliphatic heterocycles. The lowest BCUT2D eigenvalue weighted by atomic mass is 10.0. The second kappa shape index (κ2) is 10.6. The molecule has 3 aromatic carbocycles. The summed E-state index contributed by atoms with van der Waals surface area (Å²) in [6.45, 7) is -0.0682. The molecule has 0 bridgehead atoms. The van der Waals surface area contributed by atoms with Crippen molar-refractivity contribution in [2.24, 2.45) is 0 Å². The van der Waals surface area contributed by atoms with Gasteiger partial charge in [0.1, 0.15) is 18.4 Å². The van der Waals surface area contributed by atoms with Crippen molar-refractivity contribution < 1.29 is 32.6 Å². The van der Waals surface area contributed by atoms with Gasteiger partial charge in [0.15, 0.2) is 0 Å². The van der Waals surface area contributed by atoms with Crippen molar-refractivity contribution in [3.05, 3.63) is 77.4 Å². The Morgan fingerprint density at radius 2 is 1.76 bits per heavy atom. The molecule has 2 N–H and O–H groups in total. The predicted octanol–water partition coefficient (Wildman–Crippen LogP) is 5.37. The number of carboxylic acid groups (broad SMARTS) is 1. The fraction of sp³-hybridized carbons (Fsp3) is 0.250. The number of carbonyl (C=O) groups is 2. The number of hydrogen-bond donors (Lipinski definition) is 2. The minimum absolute atomic E-state index is 0.0682. The molecule has 5 nitrogen and oxygen atoms in total. The lowest BCUT2D eigenvalue weighted by Crippen LogP contribution is -2.41. The van der Waals surface area contributed by atoms with Crippen LogP contribution in [-0.4, -0.2) is 35.0 Å². The highest BCUT2D eigenvalue weighted by Gasteiger charge is 2.30. The van der Waals surface area contributed by atoms with Crippen LogP contribution in [0.25, 0.3) is 10.8 Å². The summed E-state index contributed by atoms with van der Waals surface area (Å²) in [6.07, 6.45) is -2.33. The Morgan fingerprint density at radius 3 is 2.39 bits per heavy atom. The molecular formula is C24H22F3NO4S. The number of rotatable bonds is 9. The molecule has 1 unspecified atom stereocenters. The number of amides is 1. The number of ether oxygens (including phenoxy) is 1. The van der Waals surface area contributed by atoms with Gasteiger partial charge in [-0.25, -0.2) is 4.79 Å². The molecule has 1 atom stereocenters. The van der Waals surface area contributed by atoms with Crippen LogP contribution in [0.15, 0.2) is 60.7 Å². The van der Waals surface area contributed by atoms with Crippen molar-refractivity contribution in [3.63, 3.8) is 0 Å². The van der Waals surface area contributed by atoms with Gasteiger partial charge in [0.05, 0.1) is 11.1 Å². The zero-order chi connectivity index (χ0) is 24.0. The number of alkyl halides is 3. The standard InChI is InChI=1S/C24H22F3NO4S/c1-33-13-12-20(23(30)31)28-22(29)19-11-8-16-4-2-3-5-18(16)21(19)32-14-15-6-9-17(10-7-15)24(25,26)27/h2-11,20H,12-14H2,1H3,(H,28,29)(H,30,31). The number of halogens is 3. The number of thioether (sulfide) groups is 1. The molecule has 3 aromatic rings. The highest BCUT2D eigenvalue weighted by Crippen LogP contribution is 2.32. The summed E-state index contributed by atoms with van der Waals surface area (Å²) in [5, 5.41) is 13.4. The Balaban J connectivity index is 1.88. The first-order chi connectivity index (χ1) is 15.7. The van der Waals surface area contributed by atoms with Gasteiger partial charge in [0.25, 0.3) is 5.91 Å². The van der Waals surface area contributed by atoms with Crippen molar-refractivity contribution in [3.8, 4) is 5.75 Å². The molecule has 0 saturated heterocycles. The van der Waals surface area contributed by atoms with Crippen LogP contribution < -0.4 is 10.1 Å². The van der Waals surface area contributed by atoms with E-state index in [-0.39, 0.29) is 24.3 Å². The maximum Gasteiger partial charge on any atom is 0.416 e. The Kier molecular flexibility index (Phi) is 7.86. The normalized spacial score (nSPS) is 12.4. The summed E-state index contributed by atoms with van der Waals surface area (Å²) in [7, 11) is 0. The summed E-state index contributed by atoms with van der Waals surface area (Å²) < 4.78 is 44.3. The van der Waals surface area contributed by atoms with E-state index < -0.39 is 29.7 Å². The minimum Gasteiger partial charge on any atom is -0.487 e. The summed E-state index contributed by atoms with van der Waals surface area (Å²) in [5.74, 6) is -0.937. The van der Waals surface area contributed by atoms with Crippen LogP contribution in [0.4, 0.5) is 13.2 Å². The van der Waals surface area contributed by atoms with Crippen LogP contribution in [0, 0.1) is 0 Å². The molecule has 174 valence electrons. The molecule has 0 saturated carbocycles. The van der Waals surface area contributed by atoms with E-state index in [2.05, 4.69) is 5.32 Å². The predicted molar refractivity (Wildman–Crippen MR) is 122 cm³/mol. The molecule has 3 rings (SSSR count). The summed E-state index contributed by atoms with van der Waals surface area (Å²) in [5.41, 5.74) is -0.122. The van der Waals surface area contributed by atoms with E-state index in [1.807, 2.05) is 18.4 Å². The Labute approximate surface area is 192 Å². The van der Waals surface area contributed by atoms with Crippen LogP contribution in [0.1, 0.15) is 27.9 Å². The molecule has 0 aromatic heterocycles. The Morgan fingerprint density at radius 1 is 1.06 bits per heavy atom. The van der Waals surface area contributed by atoms with E-state index in [0.29, 0.717) is 16.7 Å².